The maximum atomic E-state index is 6.03. The summed E-state index contributed by atoms with van der Waals surface area (Å²) in [6, 6.07) is 6.03. The van der Waals surface area contributed by atoms with Crippen molar-refractivity contribution in [3.8, 4) is 5.75 Å². The molecule has 2 aliphatic rings. The zero-order valence-corrected chi connectivity index (χ0v) is 14.2. The first kappa shape index (κ1) is 15.1. The van der Waals surface area contributed by atoms with Crippen LogP contribution in [-0.2, 0) is 11.3 Å². The van der Waals surface area contributed by atoms with E-state index in [1.54, 1.807) is 12.4 Å². The average molecular weight is 330 g/mol. The lowest BCUT2D eigenvalue weighted by molar-refractivity contribution is 0.0899. The highest BCUT2D eigenvalue weighted by Gasteiger charge is 2.44. The summed E-state index contributed by atoms with van der Waals surface area (Å²) in [6.45, 7) is 6.98. The first-order valence-corrected chi connectivity index (χ1v) is 9.07. The van der Waals surface area contributed by atoms with E-state index in [0.717, 1.165) is 38.6 Å². The molecule has 0 unspecified atom stereocenters. The second kappa shape index (κ2) is 6.59. The van der Waals surface area contributed by atoms with Gasteiger partial charge in [0.05, 0.1) is 19.3 Å². The quantitative estimate of drug-likeness (QED) is 0.844. The summed E-state index contributed by atoms with van der Waals surface area (Å²) in [4.78, 5) is 8.04. The van der Waals surface area contributed by atoms with Crippen LogP contribution in [0.5, 0.6) is 5.75 Å². The largest absolute Gasteiger partial charge is 0.493 e. The molecule has 0 saturated carbocycles. The fourth-order valence-electron chi connectivity index (χ4n) is 3.59. The molecule has 0 aromatic carbocycles. The van der Waals surface area contributed by atoms with E-state index in [1.807, 2.05) is 23.5 Å². The number of rotatable bonds is 5. The number of hydrogen-bond donors (Lipinski definition) is 0. The Morgan fingerprint density at radius 1 is 1.30 bits per heavy atom. The Morgan fingerprint density at radius 3 is 2.96 bits per heavy atom. The Morgan fingerprint density at radius 2 is 2.17 bits per heavy atom. The smallest absolute Gasteiger partial charge is 0.122 e. The molecule has 0 N–H and O–H groups in total. The first-order valence-electron chi connectivity index (χ1n) is 8.19. The van der Waals surface area contributed by atoms with Gasteiger partial charge in [0.2, 0.25) is 0 Å². The van der Waals surface area contributed by atoms with E-state index in [0.29, 0.717) is 17.9 Å². The topological polar surface area (TPSA) is 34.6 Å². The number of ether oxygens (including phenoxy) is 2. The molecule has 4 nitrogen and oxygen atoms in total. The van der Waals surface area contributed by atoms with Gasteiger partial charge in [-0.25, -0.2) is 0 Å². The molecule has 23 heavy (non-hydrogen) atoms. The minimum absolute atomic E-state index is 0.376. The summed E-state index contributed by atoms with van der Waals surface area (Å²) in [5.41, 5.74) is 1.41. The first-order chi connectivity index (χ1) is 11.3. The molecular weight excluding hydrogens is 308 g/mol. The van der Waals surface area contributed by atoms with Crippen LogP contribution in [0.2, 0.25) is 0 Å². The van der Waals surface area contributed by atoms with E-state index < -0.39 is 0 Å². The number of nitrogens with zero attached hydrogens (tertiary/aromatic N) is 2. The van der Waals surface area contributed by atoms with Crippen molar-refractivity contribution in [2.75, 3.05) is 26.3 Å². The molecule has 0 amide bonds. The molecule has 0 radical (unpaired) electrons. The maximum absolute atomic E-state index is 6.03. The van der Waals surface area contributed by atoms with E-state index in [1.165, 1.54) is 10.4 Å². The van der Waals surface area contributed by atoms with E-state index in [2.05, 4.69) is 28.3 Å². The van der Waals surface area contributed by atoms with Crippen molar-refractivity contribution in [3.63, 3.8) is 0 Å². The van der Waals surface area contributed by atoms with Crippen molar-refractivity contribution in [3.05, 3.63) is 46.4 Å². The molecule has 4 heterocycles. The number of aromatic nitrogens is 1. The number of hydrogen-bond acceptors (Lipinski definition) is 5. The highest BCUT2D eigenvalue weighted by Crippen LogP contribution is 2.35. The summed E-state index contributed by atoms with van der Waals surface area (Å²) >= 11 is 1.86. The Kier molecular flexibility index (Phi) is 4.33. The van der Waals surface area contributed by atoms with E-state index >= 15 is 0 Å². The van der Waals surface area contributed by atoms with Gasteiger partial charge in [0, 0.05) is 48.7 Å². The van der Waals surface area contributed by atoms with Gasteiger partial charge in [-0.2, -0.15) is 0 Å². The van der Waals surface area contributed by atoms with Crippen LogP contribution in [0.3, 0.4) is 0 Å². The second-order valence-corrected chi connectivity index (χ2v) is 7.51. The van der Waals surface area contributed by atoms with Crippen LogP contribution in [0, 0.1) is 18.8 Å². The third-order valence-electron chi connectivity index (χ3n) is 4.96. The minimum Gasteiger partial charge on any atom is -0.493 e. The van der Waals surface area contributed by atoms with Crippen LogP contribution in [0.4, 0.5) is 0 Å². The van der Waals surface area contributed by atoms with E-state index in [-0.39, 0.29) is 0 Å². The Balaban J connectivity index is 1.33. The third-order valence-corrected chi connectivity index (χ3v) is 5.97. The third kappa shape index (κ3) is 3.27. The van der Waals surface area contributed by atoms with E-state index in [4.69, 9.17) is 9.47 Å². The predicted molar refractivity (Wildman–Crippen MR) is 90.8 cm³/mol. The van der Waals surface area contributed by atoms with Crippen LogP contribution in [0.15, 0.2) is 36.0 Å². The van der Waals surface area contributed by atoms with Crippen molar-refractivity contribution in [1.82, 2.24) is 9.88 Å². The molecule has 2 aliphatic heterocycles. The normalized spacial score (nSPS) is 27.3. The number of aryl methyl sites for hydroxylation is 1. The molecule has 122 valence electrons. The van der Waals surface area contributed by atoms with Gasteiger partial charge in [0.15, 0.2) is 0 Å². The van der Waals surface area contributed by atoms with Gasteiger partial charge in [-0.3, -0.25) is 9.88 Å². The standard InChI is InChI=1S/C18H22N2O2S/c1-13-4-7-23-18(13)10-20-8-16-14(12-22-17(16)9-20)11-21-15-2-5-19-6-3-15/h2-7,14,16-17H,8-12H2,1H3/t14-,16-,17-/m0/s1. The van der Waals surface area contributed by atoms with Gasteiger partial charge in [-0.05, 0) is 36.1 Å². The monoisotopic (exact) mass is 330 g/mol. The SMILES string of the molecule is Cc1ccsc1CN1C[C@H]2[C@@H](COc3ccncc3)CO[C@H]2C1. The van der Waals surface area contributed by atoms with Crippen molar-refractivity contribution in [2.45, 2.75) is 19.6 Å². The molecule has 4 rings (SSSR count). The molecular formula is C18H22N2O2S. The summed E-state index contributed by atoms with van der Waals surface area (Å²) in [5.74, 6) is 1.98. The molecule has 0 spiro atoms. The van der Waals surface area contributed by atoms with Crippen molar-refractivity contribution >= 4 is 11.3 Å². The summed E-state index contributed by atoms with van der Waals surface area (Å²) in [6.07, 6.45) is 3.91. The zero-order valence-electron chi connectivity index (χ0n) is 13.4. The van der Waals surface area contributed by atoms with Crippen LogP contribution in [-0.4, -0.2) is 42.3 Å². The fourth-order valence-corrected chi connectivity index (χ4v) is 4.54. The Bertz CT molecular complexity index is 645. The van der Waals surface area contributed by atoms with Gasteiger partial charge in [0.25, 0.3) is 0 Å². The molecule has 2 fully saturated rings. The number of likely N-dealkylation sites (tertiary alicyclic amines) is 1. The predicted octanol–water partition coefficient (Wildman–Crippen LogP) is 2.98. The van der Waals surface area contributed by atoms with Gasteiger partial charge in [-0.1, -0.05) is 0 Å². The number of pyridine rings is 1. The fraction of sp³-hybridized carbons (Fsp3) is 0.500. The molecule has 2 aromatic heterocycles. The molecule has 0 bridgehead atoms. The lowest BCUT2D eigenvalue weighted by Crippen LogP contribution is -2.26. The number of thiophene rings is 1. The van der Waals surface area contributed by atoms with Crippen molar-refractivity contribution < 1.29 is 9.47 Å². The maximum Gasteiger partial charge on any atom is 0.122 e. The molecule has 5 heteroatoms. The average Bonchev–Trinajstić information content (AvgIpc) is 3.24. The summed E-state index contributed by atoms with van der Waals surface area (Å²) < 4.78 is 11.9. The van der Waals surface area contributed by atoms with Gasteiger partial charge >= 0.3 is 0 Å². The van der Waals surface area contributed by atoms with Crippen LogP contribution in [0.25, 0.3) is 0 Å². The van der Waals surface area contributed by atoms with Gasteiger partial charge < -0.3 is 9.47 Å². The molecule has 2 aromatic rings. The Labute approximate surface area is 141 Å². The highest BCUT2D eigenvalue weighted by molar-refractivity contribution is 7.10. The van der Waals surface area contributed by atoms with Gasteiger partial charge in [-0.15, -0.1) is 11.3 Å². The minimum atomic E-state index is 0.376. The molecule has 2 saturated heterocycles. The summed E-state index contributed by atoms with van der Waals surface area (Å²) in [7, 11) is 0. The highest BCUT2D eigenvalue weighted by atomic mass is 32.1. The summed E-state index contributed by atoms with van der Waals surface area (Å²) in [5, 5.41) is 2.18. The Hall–Kier alpha value is -1.43. The van der Waals surface area contributed by atoms with Gasteiger partial charge in [0.1, 0.15) is 5.75 Å². The molecule has 0 aliphatic carbocycles. The van der Waals surface area contributed by atoms with Crippen LogP contribution >= 0.6 is 11.3 Å². The van der Waals surface area contributed by atoms with Crippen LogP contribution in [0.1, 0.15) is 10.4 Å². The van der Waals surface area contributed by atoms with Crippen LogP contribution < -0.4 is 4.74 Å². The number of fused-ring (bicyclic) bond motifs is 1. The molecule has 3 atom stereocenters. The second-order valence-electron chi connectivity index (χ2n) is 6.51. The lowest BCUT2D eigenvalue weighted by atomic mass is 9.94. The lowest BCUT2D eigenvalue weighted by Gasteiger charge is -2.19. The zero-order chi connectivity index (χ0) is 15.6. The van der Waals surface area contributed by atoms with E-state index in [9.17, 15) is 0 Å². The van der Waals surface area contributed by atoms with Crippen molar-refractivity contribution in [2.24, 2.45) is 11.8 Å². The van der Waals surface area contributed by atoms with Crippen molar-refractivity contribution in [1.29, 1.82) is 0 Å².